The van der Waals surface area contributed by atoms with E-state index in [1.54, 1.807) is 24.3 Å². The Bertz CT molecular complexity index is 962. The maximum absolute atomic E-state index is 12.3. The molecule has 0 bridgehead atoms. The molecule has 1 heterocycles. The normalized spacial score (nSPS) is 10.9. The van der Waals surface area contributed by atoms with Gasteiger partial charge < -0.3 is 9.84 Å². The van der Waals surface area contributed by atoms with Crippen LogP contribution < -0.4 is 10.2 Å². The lowest BCUT2D eigenvalue weighted by atomic mass is 10.1. The van der Waals surface area contributed by atoms with Crippen molar-refractivity contribution in [3.63, 3.8) is 0 Å². The molecule has 138 valence electrons. The number of aromatic nitrogens is 2. The van der Waals surface area contributed by atoms with Gasteiger partial charge in [0.25, 0.3) is 5.91 Å². The largest absolute Gasteiger partial charge is 0.507 e. The van der Waals surface area contributed by atoms with Crippen LogP contribution in [0.1, 0.15) is 28.5 Å². The van der Waals surface area contributed by atoms with Crippen molar-refractivity contribution >= 4 is 12.1 Å². The van der Waals surface area contributed by atoms with Gasteiger partial charge in [0.1, 0.15) is 17.2 Å². The molecule has 0 aliphatic rings. The van der Waals surface area contributed by atoms with Gasteiger partial charge >= 0.3 is 0 Å². The molecule has 2 aromatic carbocycles. The van der Waals surface area contributed by atoms with Gasteiger partial charge in [-0.2, -0.15) is 10.2 Å². The van der Waals surface area contributed by atoms with Crippen LogP contribution in [0.15, 0.2) is 53.6 Å². The first kappa shape index (κ1) is 18.2. The predicted octanol–water partition coefficient (Wildman–Crippen LogP) is 3.25. The molecule has 0 aliphatic carbocycles. The monoisotopic (exact) mass is 364 g/mol. The second kappa shape index (κ2) is 8.18. The van der Waals surface area contributed by atoms with Crippen molar-refractivity contribution in [2.45, 2.75) is 13.8 Å². The van der Waals surface area contributed by atoms with Crippen molar-refractivity contribution in [2.75, 3.05) is 6.61 Å². The number of H-pyrrole nitrogens is 1. The van der Waals surface area contributed by atoms with Crippen LogP contribution in [-0.2, 0) is 0 Å². The number of phenolic OH excluding ortho intramolecular Hbond substituents is 1. The van der Waals surface area contributed by atoms with Crippen molar-refractivity contribution in [1.82, 2.24) is 15.6 Å². The quantitative estimate of drug-likeness (QED) is 0.462. The highest BCUT2D eigenvalue weighted by molar-refractivity contribution is 5.96. The van der Waals surface area contributed by atoms with Crippen LogP contribution in [0.5, 0.6) is 11.5 Å². The van der Waals surface area contributed by atoms with Crippen molar-refractivity contribution in [2.24, 2.45) is 5.10 Å². The molecule has 0 saturated carbocycles. The van der Waals surface area contributed by atoms with Gasteiger partial charge in [-0.1, -0.05) is 12.1 Å². The van der Waals surface area contributed by atoms with Gasteiger partial charge in [0.15, 0.2) is 0 Å². The standard InChI is InChI=1S/C20H20N4O3/c1-3-27-16-10-8-14(9-11-16)18-13(2)19(23-22-18)20(26)24-21-12-15-6-4-5-7-17(15)25/h4-12,25H,3H2,1-2H3,(H,22,23)(H,24,26). The molecule has 0 saturated heterocycles. The number of carbonyl (C=O) groups excluding carboxylic acids is 1. The number of aromatic hydroxyl groups is 1. The highest BCUT2D eigenvalue weighted by atomic mass is 16.5. The van der Waals surface area contributed by atoms with E-state index >= 15 is 0 Å². The second-order valence-electron chi connectivity index (χ2n) is 5.79. The number of nitrogens with zero attached hydrogens (tertiary/aromatic N) is 2. The molecular formula is C20H20N4O3. The number of hydrazone groups is 1. The van der Waals surface area contributed by atoms with Crippen LogP contribution in [0.2, 0.25) is 0 Å². The van der Waals surface area contributed by atoms with Gasteiger partial charge in [-0.3, -0.25) is 9.89 Å². The summed E-state index contributed by atoms with van der Waals surface area (Å²) in [6.45, 7) is 4.35. The third-order valence-electron chi connectivity index (χ3n) is 3.98. The average molecular weight is 364 g/mol. The molecule has 1 amide bonds. The molecule has 0 aliphatic heterocycles. The van der Waals surface area contributed by atoms with Crippen molar-refractivity contribution in [3.8, 4) is 22.8 Å². The topological polar surface area (TPSA) is 99.6 Å². The molecule has 3 N–H and O–H groups in total. The molecule has 0 unspecified atom stereocenters. The Hall–Kier alpha value is -3.61. The SMILES string of the molecule is CCOc1ccc(-c2n[nH]c(C(=O)NN=Cc3ccccc3O)c2C)cc1. The molecule has 3 rings (SSSR count). The summed E-state index contributed by atoms with van der Waals surface area (Å²) in [7, 11) is 0. The summed E-state index contributed by atoms with van der Waals surface area (Å²) >= 11 is 0. The third-order valence-corrected chi connectivity index (χ3v) is 3.98. The number of hydrogen-bond donors (Lipinski definition) is 3. The van der Waals surface area contributed by atoms with Crippen molar-refractivity contribution in [1.29, 1.82) is 0 Å². The number of aromatic amines is 1. The first-order valence-electron chi connectivity index (χ1n) is 8.49. The predicted molar refractivity (Wildman–Crippen MR) is 103 cm³/mol. The summed E-state index contributed by atoms with van der Waals surface area (Å²) < 4.78 is 5.43. The van der Waals surface area contributed by atoms with Gasteiger partial charge in [-0.15, -0.1) is 0 Å². The summed E-state index contributed by atoms with van der Waals surface area (Å²) in [4.78, 5) is 12.3. The maximum atomic E-state index is 12.3. The molecule has 0 radical (unpaired) electrons. The maximum Gasteiger partial charge on any atom is 0.289 e. The van der Waals surface area contributed by atoms with E-state index in [9.17, 15) is 9.90 Å². The van der Waals surface area contributed by atoms with E-state index in [1.165, 1.54) is 6.21 Å². The van der Waals surface area contributed by atoms with E-state index in [2.05, 4.69) is 20.7 Å². The van der Waals surface area contributed by atoms with Crippen molar-refractivity contribution < 1.29 is 14.6 Å². The van der Waals surface area contributed by atoms with E-state index in [0.29, 0.717) is 23.6 Å². The number of nitrogens with one attached hydrogen (secondary N) is 2. The number of phenols is 1. The fourth-order valence-electron chi connectivity index (χ4n) is 2.59. The number of amides is 1. The van der Waals surface area contributed by atoms with Crippen LogP contribution in [0, 0.1) is 6.92 Å². The van der Waals surface area contributed by atoms with Gasteiger partial charge in [0, 0.05) is 16.7 Å². The van der Waals surface area contributed by atoms with Crippen LogP contribution in [-0.4, -0.2) is 34.0 Å². The number of hydrogen-bond acceptors (Lipinski definition) is 5. The Kier molecular flexibility index (Phi) is 5.51. The minimum atomic E-state index is -0.413. The highest BCUT2D eigenvalue weighted by Gasteiger charge is 2.16. The van der Waals surface area contributed by atoms with Gasteiger partial charge in [-0.05, 0) is 50.2 Å². The Labute approximate surface area is 156 Å². The summed E-state index contributed by atoms with van der Waals surface area (Å²) in [6, 6.07) is 14.2. The lowest BCUT2D eigenvalue weighted by Crippen LogP contribution is -2.19. The van der Waals surface area contributed by atoms with Crippen LogP contribution in [0.4, 0.5) is 0 Å². The zero-order valence-corrected chi connectivity index (χ0v) is 15.1. The fraction of sp³-hybridized carbons (Fsp3) is 0.150. The molecule has 7 heteroatoms. The summed E-state index contributed by atoms with van der Waals surface area (Å²) in [5.74, 6) is 0.459. The van der Waals surface area contributed by atoms with E-state index < -0.39 is 5.91 Å². The minimum Gasteiger partial charge on any atom is -0.507 e. The first-order valence-corrected chi connectivity index (χ1v) is 8.49. The smallest absolute Gasteiger partial charge is 0.289 e. The molecule has 27 heavy (non-hydrogen) atoms. The van der Waals surface area contributed by atoms with Crippen LogP contribution >= 0.6 is 0 Å². The van der Waals surface area contributed by atoms with Gasteiger partial charge in [-0.25, -0.2) is 5.43 Å². The molecule has 3 aromatic rings. The molecule has 7 nitrogen and oxygen atoms in total. The molecule has 0 spiro atoms. The van der Waals surface area contributed by atoms with E-state index in [-0.39, 0.29) is 5.75 Å². The zero-order valence-electron chi connectivity index (χ0n) is 15.1. The summed E-state index contributed by atoms with van der Waals surface area (Å²) in [6.07, 6.45) is 1.38. The minimum absolute atomic E-state index is 0.0889. The van der Waals surface area contributed by atoms with Gasteiger partial charge in [0.2, 0.25) is 0 Å². The fourth-order valence-corrected chi connectivity index (χ4v) is 2.59. The van der Waals surface area contributed by atoms with E-state index in [1.807, 2.05) is 38.1 Å². The molecule has 0 atom stereocenters. The van der Waals surface area contributed by atoms with Crippen LogP contribution in [0.25, 0.3) is 11.3 Å². The number of para-hydroxylation sites is 1. The molecule has 1 aromatic heterocycles. The lowest BCUT2D eigenvalue weighted by molar-refractivity contribution is 0.0949. The second-order valence-corrected chi connectivity index (χ2v) is 5.79. The van der Waals surface area contributed by atoms with E-state index in [4.69, 9.17) is 4.74 Å². The molecular weight excluding hydrogens is 344 g/mol. The number of ether oxygens (including phenoxy) is 1. The van der Waals surface area contributed by atoms with Crippen LogP contribution in [0.3, 0.4) is 0 Å². The third kappa shape index (κ3) is 4.14. The molecule has 0 fully saturated rings. The number of benzene rings is 2. The van der Waals surface area contributed by atoms with E-state index in [0.717, 1.165) is 16.9 Å². The number of rotatable bonds is 6. The average Bonchev–Trinajstić information content (AvgIpc) is 3.06. The Morgan fingerprint density at radius 2 is 2.00 bits per heavy atom. The summed E-state index contributed by atoms with van der Waals surface area (Å²) in [5, 5.41) is 20.6. The first-order chi connectivity index (χ1) is 13.1. The highest BCUT2D eigenvalue weighted by Crippen LogP contribution is 2.25. The number of carbonyl (C=O) groups is 1. The summed E-state index contributed by atoms with van der Waals surface area (Å²) in [5.41, 5.74) is 5.55. The Balaban J connectivity index is 1.72. The Morgan fingerprint density at radius 3 is 2.70 bits per heavy atom. The van der Waals surface area contributed by atoms with Crippen molar-refractivity contribution in [3.05, 3.63) is 65.4 Å². The Morgan fingerprint density at radius 1 is 1.26 bits per heavy atom. The zero-order chi connectivity index (χ0) is 19.2. The lowest BCUT2D eigenvalue weighted by Gasteiger charge is -2.04. The van der Waals surface area contributed by atoms with Gasteiger partial charge in [0.05, 0.1) is 18.5 Å².